The fraction of sp³-hybridized carbons (Fsp3) is 0.500. The molecule has 0 fully saturated rings. The summed E-state index contributed by atoms with van der Waals surface area (Å²) >= 11 is 0. The molecule has 0 saturated carbocycles. The smallest absolute Gasteiger partial charge is 0.300 e. The molecule has 0 heterocycles. The topological polar surface area (TPSA) is 37.3 Å². The number of rotatable bonds is 0. The van der Waals surface area contributed by atoms with Crippen molar-refractivity contribution in [3.8, 4) is 0 Å². The number of aliphatic carboxylic acids is 1. The fourth-order valence-electron chi connectivity index (χ4n) is 0. The van der Waals surface area contributed by atoms with Gasteiger partial charge < -0.3 is 5.11 Å². The first-order valence-corrected chi connectivity index (χ1v) is 0.928. The summed E-state index contributed by atoms with van der Waals surface area (Å²) in [6.45, 7) is 1.08. The van der Waals surface area contributed by atoms with Crippen LogP contribution in [0.4, 0.5) is 0 Å². The van der Waals surface area contributed by atoms with Gasteiger partial charge in [0.05, 0.1) is 0 Å². The summed E-state index contributed by atoms with van der Waals surface area (Å²) in [5.74, 6) is -0.833. The molecule has 0 aromatic carbocycles. The van der Waals surface area contributed by atoms with Crippen LogP contribution in [-0.4, -0.2) is 99.7 Å². The van der Waals surface area contributed by atoms with E-state index in [1.807, 2.05) is 0 Å². The number of carbonyl (C=O) groups is 1. The van der Waals surface area contributed by atoms with Crippen LogP contribution in [0.5, 0.6) is 0 Å². The Morgan fingerprint density at radius 1 is 1.29 bits per heavy atom. The van der Waals surface area contributed by atoms with Gasteiger partial charge in [-0.1, -0.05) is 0 Å². The molecule has 5 heteroatoms. The Hall–Kier alpha value is 2.47. The van der Waals surface area contributed by atoms with Crippen LogP contribution in [0, 0.1) is 0 Å². The van der Waals surface area contributed by atoms with E-state index in [0.29, 0.717) is 0 Å². The number of hydrogen-bond donors (Lipinski definition) is 1. The summed E-state index contributed by atoms with van der Waals surface area (Å²) in [6, 6.07) is 0. The van der Waals surface area contributed by atoms with E-state index in [4.69, 9.17) is 9.90 Å². The van der Waals surface area contributed by atoms with Crippen molar-refractivity contribution in [2.24, 2.45) is 0 Å². The molecular formula is C2H4Na3O2. The minimum Gasteiger partial charge on any atom is -0.481 e. The zero-order valence-corrected chi connectivity index (χ0v) is 11.4. The molecule has 0 amide bonds. The molecule has 3 radical (unpaired) electrons. The Morgan fingerprint density at radius 2 is 1.29 bits per heavy atom. The molecule has 2 nitrogen and oxygen atoms in total. The molecule has 0 aliphatic rings. The summed E-state index contributed by atoms with van der Waals surface area (Å²) in [5.41, 5.74) is 0. The van der Waals surface area contributed by atoms with Gasteiger partial charge in [-0.3, -0.25) is 4.79 Å². The summed E-state index contributed by atoms with van der Waals surface area (Å²) in [6.07, 6.45) is 0. The molecule has 7 heavy (non-hydrogen) atoms. The van der Waals surface area contributed by atoms with Crippen molar-refractivity contribution in [1.29, 1.82) is 0 Å². The normalized spacial score (nSPS) is 3.57. The maximum absolute atomic E-state index is 9.00. The van der Waals surface area contributed by atoms with E-state index in [1.54, 1.807) is 0 Å². The van der Waals surface area contributed by atoms with E-state index in [2.05, 4.69) is 0 Å². The molecular weight excluding hydrogens is 125 g/mol. The quantitative estimate of drug-likeness (QED) is 0.423. The molecule has 0 aromatic rings. The molecule has 0 atom stereocenters. The van der Waals surface area contributed by atoms with E-state index in [1.165, 1.54) is 0 Å². The van der Waals surface area contributed by atoms with Crippen LogP contribution in [0.25, 0.3) is 0 Å². The zero-order valence-electron chi connectivity index (χ0n) is 5.36. The van der Waals surface area contributed by atoms with Crippen molar-refractivity contribution in [2.45, 2.75) is 6.92 Å². The Kier molecular flexibility index (Phi) is 51.2. The van der Waals surface area contributed by atoms with Crippen LogP contribution in [0.1, 0.15) is 6.92 Å². The minimum absolute atomic E-state index is 0. The molecule has 27 valence electrons. The van der Waals surface area contributed by atoms with E-state index in [-0.39, 0.29) is 88.7 Å². The number of hydrogen-bond acceptors (Lipinski definition) is 1. The summed E-state index contributed by atoms with van der Waals surface area (Å²) in [5, 5.41) is 7.42. The Labute approximate surface area is 109 Å². The molecule has 0 unspecified atom stereocenters. The average Bonchev–Trinajstić information content (AvgIpc) is 0.811. The summed E-state index contributed by atoms with van der Waals surface area (Å²) < 4.78 is 0. The fourth-order valence-corrected chi connectivity index (χ4v) is 0. The van der Waals surface area contributed by atoms with Gasteiger partial charge in [0, 0.05) is 95.6 Å². The number of carboxylic acid groups (broad SMARTS) is 1. The van der Waals surface area contributed by atoms with Crippen molar-refractivity contribution < 1.29 is 9.90 Å². The summed E-state index contributed by atoms with van der Waals surface area (Å²) in [4.78, 5) is 9.00. The molecule has 0 aliphatic carbocycles. The molecule has 0 saturated heterocycles. The molecule has 1 N–H and O–H groups in total. The summed E-state index contributed by atoms with van der Waals surface area (Å²) in [7, 11) is 0. The molecule has 0 rings (SSSR count). The van der Waals surface area contributed by atoms with E-state index in [9.17, 15) is 0 Å². The van der Waals surface area contributed by atoms with Gasteiger partial charge in [-0.25, -0.2) is 0 Å². The predicted molar refractivity (Wildman–Crippen MR) is 30.6 cm³/mol. The van der Waals surface area contributed by atoms with Gasteiger partial charge in [-0.2, -0.15) is 0 Å². The third kappa shape index (κ3) is 58.1. The second-order valence-corrected chi connectivity index (χ2v) is 0.519. The van der Waals surface area contributed by atoms with Gasteiger partial charge in [0.15, 0.2) is 0 Å². The van der Waals surface area contributed by atoms with Gasteiger partial charge in [-0.05, 0) is 0 Å². The first-order chi connectivity index (χ1) is 1.73. The van der Waals surface area contributed by atoms with Gasteiger partial charge in [0.1, 0.15) is 0 Å². The van der Waals surface area contributed by atoms with Gasteiger partial charge in [0.2, 0.25) is 0 Å². The Morgan fingerprint density at radius 3 is 1.29 bits per heavy atom. The first kappa shape index (κ1) is 22.7. The van der Waals surface area contributed by atoms with Crippen LogP contribution >= 0.6 is 0 Å². The standard InChI is InChI=1S/C2H4O2.3Na/c1-2(3)4;;;/h1H3,(H,3,4);;;. The van der Waals surface area contributed by atoms with Gasteiger partial charge >= 0.3 is 0 Å². The van der Waals surface area contributed by atoms with Crippen molar-refractivity contribution >= 4 is 94.6 Å². The minimum atomic E-state index is -0.833. The molecule has 0 aliphatic heterocycles. The van der Waals surface area contributed by atoms with Crippen molar-refractivity contribution in [3.05, 3.63) is 0 Å². The largest absolute Gasteiger partial charge is 0.481 e. The monoisotopic (exact) mass is 129 g/mol. The van der Waals surface area contributed by atoms with Crippen LogP contribution < -0.4 is 0 Å². The SMILES string of the molecule is CC(=O)O.[Na].[Na].[Na]. The predicted octanol–water partition coefficient (Wildman–Crippen LogP) is -1.05. The van der Waals surface area contributed by atoms with Gasteiger partial charge in [-0.15, -0.1) is 0 Å². The molecule has 0 bridgehead atoms. The third-order valence-corrected chi connectivity index (χ3v) is 0. The maximum atomic E-state index is 9.00. The van der Waals surface area contributed by atoms with Crippen LogP contribution in [0.3, 0.4) is 0 Å². The van der Waals surface area contributed by atoms with E-state index >= 15 is 0 Å². The van der Waals surface area contributed by atoms with Crippen molar-refractivity contribution in [2.75, 3.05) is 0 Å². The van der Waals surface area contributed by atoms with Crippen molar-refractivity contribution in [3.63, 3.8) is 0 Å². The number of carboxylic acids is 1. The third-order valence-electron chi connectivity index (χ3n) is 0. The van der Waals surface area contributed by atoms with Crippen LogP contribution in [0.15, 0.2) is 0 Å². The second-order valence-electron chi connectivity index (χ2n) is 0.519. The van der Waals surface area contributed by atoms with Crippen LogP contribution in [-0.2, 0) is 4.79 Å². The van der Waals surface area contributed by atoms with E-state index < -0.39 is 5.97 Å². The Bertz CT molecular complexity index is 33.9. The zero-order chi connectivity index (χ0) is 3.58. The van der Waals surface area contributed by atoms with Crippen LogP contribution in [0.2, 0.25) is 0 Å². The van der Waals surface area contributed by atoms with Crippen molar-refractivity contribution in [1.82, 2.24) is 0 Å². The van der Waals surface area contributed by atoms with E-state index in [0.717, 1.165) is 6.92 Å². The average molecular weight is 129 g/mol. The first-order valence-electron chi connectivity index (χ1n) is 0.928. The Balaban J connectivity index is -0.0000000150. The molecule has 0 aromatic heterocycles. The second kappa shape index (κ2) is 15.8. The molecule has 0 spiro atoms. The van der Waals surface area contributed by atoms with Gasteiger partial charge in [0.25, 0.3) is 5.97 Å². The maximum Gasteiger partial charge on any atom is 0.300 e.